The van der Waals surface area contributed by atoms with Crippen LogP contribution in [0, 0.1) is 0 Å². The fraction of sp³-hybridized carbons (Fsp3) is 0.308. The molecular formula is C13H14NO3. The van der Waals surface area contributed by atoms with Crippen LogP contribution in [-0.2, 0) is 21.1 Å². The first-order chi connectivity index (χ1) is 8.22. The topological polar surface area (TPSA) is 62.0 Å². The molecule has 1 N–H and O–H groups in total. The third-order valence-electron chi connectivity index (χ3n) is 2.63. The van der Waals surface area contributed by atoms with Crippen LogP contribution in [0.15, 0.2) is 30.5 Å². The second kappa shape index (κ2) is 5.01. The van der Waals surface area contributed by atoms with E-state index in [1.807, 2.05) is 24.3 Å². The molecule has 1 radical (unpaired) electrons. The van der Waals surface area contributed by atoms with Gasteiger partial charge in [0.25, 0.3) is 0 Å². The lowest BCUT2D eigenvalue weighted by Gasteiger charge is -2.06. The molecule has 1 aromatic carbocycles. The van der Waals surface area contributed by atoms with E-state index < -0.39 is 12.1 Å². The van der Waals surface area contributed by atoms with E-state index >= 15 is 0 Å². The molecular weight excluding hydrogens is 218 g/mol. The van der Waals surface area contributed by atoms with Crippen molar-refractivity contribution in [1.29, 1.82) is 0 Å². The molecule has 0 aliphatic carbocycles. The lowest BCUT2D eigenvalue weighted by molar-refractivity contribution is -0.156. The van der Waals surface area contributed by atoms with E-state index in [2.05, 4.69) is 4.98 Å². The van der Waals surface area contributed by atoms with Crippen molar-refractivity contribution in [2.24, 2.45) is 0 Å². The summed E-state index contributed by atoms with van der Waals surface area (Å²) in [6, 6.07) is 7.69. The molecule has 17 heavy (non-hydrogen) atoms. The fourth-order valence-corrected chi connectivity index (χ4v) is 1.82. The average Bonchev–Trinajstić information content (AvgIpc) is 2.73. The SMILES string of the molecule is CCOC(=O)C([O])Cc1c[nH]c2ccccc12. The van der Waals surface area contributed by atoms with Gasteiger partial charge in [0.1, 0.15) is 0 Å². The van der Waals surface area contributed by atoms with Crippen LogP contribution in [0.3, 0.4) is 0 Å². The average molecular weight is 232 g/mol. The number of carbonyl (C=O) groups is 1. The Morgan fingerprint density at radius 3 is 2.94 bits per heavy atom. The van der Waals surface area contributed by atoms with Crippen molar-refractivity contribution in [2.75, 3.05) is 6.61 Å². The molecule has 1 aromatic heterocycles. The number of hydrogen-bond acceptors (Lipinski definition) is 2. The van der Waals surface area contributed by atoms with Gasteiger partial charge < -0.3 is 9.72 Å². The summed E-state index contributed by atoms with van der Waals surface area (Å²) in [5.41, 5.74) is 1.83. The molecule has 0 spiro atoms. The van der Waals surface area contributed by atoms with Crippen molar-refractivity contribution in [1.82, 2.24) is 4.98 Å². The van der Waals surface area contributed by atoms with Gasteiger partial charge in [-0.05, 0) is 18.6 Å². The normalized spacial score (nSPS) is 12.6. The third-order valence-corrected chi connectivity index (χ3v) is 2.63. The first-order valence-corrected chi connectivity index (χ1v) is 5.59. The molecule has 1 heterocycles. The van der Waals surface area contributed by atoms with E-state index in [0.717, 1.165) is 16.5 Å². The van der Waals surface area contributed by atoms with Crippen LogP contribution in [0.5, 0.6) is 0 Å². The molecule has 0 fully saturated rings. The molecule has 0 amide bonds. The third kappa shape index (κ3) is 2.47. The highest BCUT2D eigenvalue weighted by molar-refractivity contribution is 5.84. The van der Waals surface area contributed by atoms with Crippen molar-refractivity contribution in [2.45, 2.75) is 19.4 Å². The summed E-state index contributed by atoms with van der Waals surface area (Å²) in [5.74, 6) is -0.683. The molecule has 0 aliphatic rings. The van der Waals surface area contributed by atoms with Crippen LogP contribution < -0.4 is 0 Å². The van der Waals surface area contributed by atoms with Crippen molar-refractivity contribution >= 4 is 16.9 Å². The number of nitrogens with one attached hydrogen (secondary N) is 1. The number of H-pyrrole nitrogens is 1. The number of aromatic amines is 1. The van der Waals surface area contributed by atoms with Crippen LogP contribution in [0.2, 0.25) is 0 Å². The Labute approximate surface area is 99.2 Å². The van der Waals surface area contributed by atoms with Crippen LogP contribution in [0.4, 0.5) is 0 Å². The second-order valence-corrected chi connectivity index (χ2v) is 3.80. The van der Waals surface area contributed by atoms with Gasteiger partial charge in [0.2, 0.25) is 0 Å². The summed E-state index contributed by atoms with van der Waals surface area (Å²) in [5, 5.41) is 12.6. The quantitative estimate of drug-likeness (QED) is 0.820. The van der Waals surface area contributed by atoms with Crippen LogP contribution in [0.25, 0.3) is 10.9 Å². The van der Waals surface area contributed by atoms with E-state index in [0.29, 0.717) is 0 Å². The summed E-state index contributed by atoms with van der Waals surface area (Å²) < 4.78 is 4.70. The van der Waals surface area contributed by atoms with Crippen LogP contribution in [0.1, 0.15) is 12.5 Å². The molecule has 0 saturated heterocycles. The number of ether oxygens (including phenoxy) is 1. The predicted octanol–water partition coefficient (Wildman–Crippen LogP) is 2.07. The molecule has 4 nitrogen and oxygen atoms in total. The zero-order valence-electron chi connectivity index (χ0n) is 9.60. The number of carbonyl (C=O) groups excluding carboxylic acids is 1. The Morgan fingerprint density at radius 1 is 1.41 bits per heavy atom. The number of esters is 1. The minimum Gasteiger partial charge on any atom is -0.464 e. The maximum Gasteiger partial charge on any atom is 0.338 e. The van der Waals surface area contributed by atoms with Crippen molar-refractivity contribution < 1.29 is 14.6 Å². The van der Waals surface area contributed by atoms with Gasteiger partial charge in [-0.15, -0.1) is 0 Å². The van der Waals surface area contributed by atoms with E-state index in [4.69, 9.17) is 4.74 Å². The van der Waals surface area contributed by atoms with Gasteiger partial charge in [-0.2, -0.15) is 0 Å². The van der Waals surface area contributed by atoms with Gasteiger partial charge in [0.05, 0.1) is 6.61 Å². The number of aromatic nitrogens is 1. The summed E-state index contributed by atoms with van der Waals surface area (Å²) >= 11 is 0. The van der Waals surface area contributed by atoms with Crippen molar-refractivity contribution in [3.8, 4) is 0 Å². The molecule has 1 atom stereocenters. The Hall–Kier alpha value is -1.81. The zero-order valence-corrected chi connectivity index (χ0v) is 9.60. The summed E-state index contributed by atoms with van der Waals surface area (Å²) in [6.07, 6.45) is 0.576. The minimum atomic E-state index is -1.35. The van der Waals surface area contributed by atoms with Crippen molar-refractivity contribution in [3.63, 3.8) is 0 Å². The molecule has 1 unspecified atom stereocenters. The Kier molecular flexibility index (Phi) is 3.44. The summed E-state index contributed by atoms with van der Waals surface area (Å²) in [7, 11) is 0. The highest BCUT2D eigenvalue weighted by Crippen LogP contribution is 2.19. The molecule has 2 aromatic rings. The number of fused-ring (bicyclic) bond motifs is 1. The number of hydrogen-bond donors (Lipinski definition) is 1. The molecule has 2 rings (SSSR count). The molecule has 4 heteroatoms. The number of benzene rings is 1. The van der Waals surface area contributed by atoms with E-state index in [-0.39, 0.29) is 13.0 Å². The van der Waals surface area contributed by atoms with Gasteiger partial charge in [-0.3, -0.25) is 0 Å². The van der Waals surface area contributed by atoms with Gasteiger partial charge in [0, 0.05) is 23.5 Å². The first kappa shape index (κ1) is 11.7. The van der Waals surface area contributed by atoms with Gasteiger partial charge in [-0.25, -0.2) is 9.90 Å². The van der Waals surface area contributed by atoms with Gasteiger partial charge in [-0.1, -0.05) is 18.2 Å². The lowest BCUT2D eigenvalue weighted by atomic mass is 10.1. The maximum absolute atomic E-state index is 11.6. The monoisotopic (exact) mass is 232 g/mol. The Morgan fingerprint density at radius 2 is 2.18 bits per heavy atom. The second-order valence-electron chi connectivity index (χ2n) is 3.80. The van der Waals surface area contributed by atoms with E-state index in [9.17, 15) is 9.90 Å². The minimum absolute atomic E-state index is 0.156. The standard InChI is InChI=1S/C13H14NO3/c1-2-17-13(16)12(15)7-9-8-14-11-6-4-3-5-10(9)11/h3-6,8,12,14H,2,7H2,1H3. The van der Waals surface area contributed by atoms with E-state index in [1.54, 1.807) is 13.1 Å². The molecule has 0 aliphatic heterocycles. The smallest absolute Gasteiger partial charge is 0.338 e. The molecule has 0 saturated carbocycles. The maximum atomic E-state index is 11.6. The Bertz CT molecular complexity index is 518. The zero-order chi connectivity index (χ0) is 12.3. The highest BCUT2D eigenvalue weighted by Gasteiger charge is 2.20. The number of rotatable bonds is 4. The first-order valence-electron chi connectivity index (χ1n) is 5.59. The summed E-state index contributed by atoms with van der Waals surface area (Å²) in [6.45, 7) is 1.93. The van der Waals surface area contributed by atoms with Crippen molar-refractivity contribution in [3.05, 3.63) is 36.0 Å². The fourth-order valence-electron chi connectivity index (χ4n) is 1.82. The van der Waals surface area contributed by atoms with Gasteiger partial charge in [0.15, 0.2) is 6.10 Å². The number of para-hydroxylation sites is 1. The molecule has 0 bridgehead atoms. The predicted molar refractivity (Wildman–Crippen MR) is 63.1 cm³/mol. The largest absolute Gasteiger partial charge is 0.464 e. The highest BCUT2D eigenvalue weighted by atomic mass is 16.5. The molecule has 89 valence electrons. The lowest BCUT2D eigenvalue weighted by Crippen LogP contribution is -2.23. The Balaban J connectivity index is 2.16. The van der Waals surface area contributed by atoms with Crippen LogP contribution in [-0.4, -0.2) is 23.7 Å². The van der Waals surface area contributed by atoms with Crippen LogP contribution >= 0.6 is 0 Å². The summed E-state index contributed by atoms with van der Waals surface area (Å²) in [4.78, 5) is 14.3. The van der Waals surface area contributed by atoms with E-state index in [1.165, 1.54) is 0 Å². The van der Waals surface area contributed by atoms with Gasteiger partial charge >= 0.3 is 5.97 Å².